The number of rotatable bonds is 0. The van der Waals surface area contributed by atoms with Crippen molar-refractivity contribution in [1.82, 2.24) is 0 Å². The molecule has 1 rings (SSSR count). The van der Waals surface area contributed by atoms with Crippen molar-refractivity contribution in [2.24, 2.45) is 0 Å². The van der Waals surface area contributed by atoms with Crippen LogP contribution in [0.1, 0.15) is 5.56 Å². The minimum Gasteiger partial charge on any atom is -0.459 e. The third-order valence-electron chi connectivity index (χ3n) is 1.40. The number of esters is 1. The molecule has 0 aromatic heterocycles. The number of carbonyl (C=O) groups is 1. The van der Waals surface area contributed by atoms with Gasteiger partial charge in [0.2, 0.25) is 0 Å². The summed E-state index contributed by atoms with van der Waals surface area (Å²) in [6, 6.07) is 6.93. The Labute approximate surface area is 78.3 Å². The number of methoxy groups -OCH3 is 1. The highest BCUT2D eigenvalue weighted by atomic mass is 16.5. The maximum atomic E-state index is 10.6. The molecule has 0 atom stereocenters. The van der Waals surface area contributed by atoms with E-state index in [0.29, 0.717) is 5.46 Å². The molecule has 2 radical (unpaired) electrons. The number of hydrogen-bond acceptors (Lipinski definition) is 2. The van der Waals surface area contributed by atoms with E-state index in [0.717, 1.165) is 5.56 Å². The van der Waals surface area contributed by atoms with Crippen molar-refractivity contribution >= 4 is 19.3 Å². The van der Waals surface area contributed by atoms with E-state index in [1.54, 1.807) is 24.3 Å². The fraction of sp³-hybridized carbons (Fsp3) is 0.100. The highest BCUT2D eigenvalue weighted by Gasteiger charge is 1.90. The lowest BCUT2D eigenvalue weighted by molar-refractivity contribution is -0.133. The molecule has 0 fully saturated rings. The Kier molecular flexibility index (Phi) is 3.16. The Morgan fingerprint density at radius 1 is 1.38 bits per heavy atom. The average molecular weight is 170 g/mol. The van der Waals surface area contributed by atoms with Crippen molar-refractivity contribution in [2.75, 3.05) is 7.11 Å². The van der Waals surface area contributed by atoms with E-state index in [2.05, 4.69) is 16.6 Å². The molecule has 1 aromatic rings. The zero-order valence-electron chi connectivity index (χ0n) is 7.20. The highest BCUT2D eigenvalue weighted by Crippen LogP contribution is 1.92. The van der Waals surface area contributed by atoms with Gasteiger partial charge < -0.3 is 4.74 Å². The van der Waals surface area contributed by atoms with Gasteiger partial charge in [0.15, 0.2) is 0 Å². The van der Waals surface area contributed by atoms with Gasteiger partial charge in [-0.3, -0.25) is 0 Å². The van der Waals surface area contributed by atoms with Gasteiger partial charge in [0.05, 0.1) is 7.11 Å². The first-order valence-electron chi connectivity index (χ1n) is 3.68. The summed E-state index contributed by atoms with van der Waals surface area (Å²) in [4.78, 5) is 10.6. The van der Waals surface area contributed by atoms with Crippen molar-refractivity contribution in [1.29, 1.82) is 0 Å². The summed E-state index contributed by atoms with van der Waals surface area (Å²) in [6.07, 6.45) is 0. The second-order valence-corrected chi connectivity index (χ2v) is 2.36. The molecule has 13 heavy (non-hydrogen) atoms. The van der Waals surface area contributed by atoms with Crippen molar-refractivity contribution < 1.29 is 9.53 Å². The average Bonchev–Trinajstić information content (AvgIpc) is 2.16. The first-order valence-corrected chi connectivity index (χ1v) is 3.68. The van der Waals surface area contributed by atoms with Crippen LogP contribution in [-0.2, 0) is 9.53 Å². The topological polar surface area (TPSA) is 26.3 Å². The SMILES string of the molecule is [B]c1ccc(C#CC(=O)OC)cc1. The van der Waals surface area contributed by atoms with Gasteiger partial charge in [0, 0.05) is 11.5 Å². The largest absolute Gasteiger partial charge is 0.459 e. The fourth-order valence-corrected chi connectivity index (χ4v) is 0.741. The summed E-state index contributed by atoms with van der Waals surface area (Å²) >= 11 is 0. The van der Waals surface area contributed by atoms with Crippen LogP contribution in [0.5, 0.6) is 0 Å². The Morgan fingerprint density at radius 3 is 2.54 bits per heavy atom. The van der Waals surface area contributed by atoms with Gasteiger partial charge >= 0.3 is 5.97 Å². The van der Waals surface area contributed by atoms with Gasteiger partial charge in [0.25, 0.3) is 0 Å². The number of carbonyl (C=O) groups excluding carboxylic acids is 1. The molecule has 0 heterocycles. The van der Waals surface area contributed by atoms with E-state index in [1.807, 2.05) is 0 Å². The monoisotopic (exact) mass is 170 g/mol. The van der Waals surface area contributed by atoms with Crippen LogP contribution >= 0.6 is 0 Å². The third-order valence-corrected chi connectivity index (χ3v) is 1.40. The molecule has 0 saturated carbocycles. The predicted octanol–water partition coefficient (Wildman–Crippen LogP) is 0.00490. The van der Waals surface area contributed by atoms with Crippen molar-refractivity contribution in [3.63, 3.8) is 0 Å². The maximum Gasteiger partial charge on any atom is 0.384 e. The van der Waals surface area contributed by atoms with Crippen LogP contribution in [0, 0.1) is 11.8 Å². The predicted molar refractivity (Wildman–Crippen MR) is 50.7 cm³/mol. The molecule has 62 valence electrons. The summed E-state index contributed by atoms with van der Waals surface area (Å²) in [6.45, 7) is 0. The molecule has 0 aliphatic heterocycles. The van der Waals surface area contributed by atoms with Crippen LogP contribution < -0.4 is 5.46 Å². The van der Waals surface area contributed by atoms with Gasteiger partial charge in [-0.15, -0.1) is 0 Å². The quantitative estimate of drug-likeness (QED) is 0.311. The van der Waals surface area contributed by atoms with Gasteiger partial charge in [0.1, 0.15) is 7.85 Å². The first kappa shape index (κ1) is 9.40. The van der Waals surface area contributed by atoms with Gasteiger partial charge in [-0.05, 0) is 12.1 Å². The highest BCUT2D eigenvalue weighted by molar-refractivity contribution is 6.32. The lowest BCUT2D eigenvalue weighted by atomic mass is 9.95. The summed E-state index contributed by atoms with van der Waals surface area (Å²) in [5.41, 5.74) is 1.41. The van der Waals surface area contributed by atoms with Gasteiger partial charge in [-0.1, -0.05) is 23.5 Å². The van der Waals surface area contributed by atoms with Gasteiger partial charge in [-0.25, -0.2) is 4.79 Å². The molecule has 0 aliphatic rings. The molecular formula is C10H7BO2. The second kappa shape index (κ2) is 4.37. The molecule has 1 aromatic carbocycles. The maximum absolute atomic E-state index is 10.6. The molecule has 2 nitrogen and oxygen atoms in total. The second-order valence-electron chi connectivity index (χ2n) is 2.36. The standard InChI is InChI=1S/C10H7BO2/c1-13-10(12)7-4-8-2-5-9(11)6-3-8/h2-3,5-6H,1H3. The number of hydrogen-bond donors (Lipinski definition) is 0. The Hall–Kier alpha value is -1.69. The van der Waals surface area contributed by atoms with Crippen molar-refractivity contribution in [2.45, 2.75) is 0 Å². The third kappa shape index (κ3) is 3.04. The van der Waals surface area contributed by atoms with Crippen LogP contribution in [0.3, 0.4) is 0 Å². The lowest BCUT2D eigenvalue weighted by Gasteiger charge is -1.91. The Bertz CT molecular complexity index is 357. The van der Waals surface area contributed by atoms with Gasteiger partial charge in [-0.2, -0.15) is 0 Å². The molecule has 0 amide bonds. The smallest absolute Gasteiger partial charge is 0.384 e. The first-order chi connectivity index (χ1) is 6.22. The molecule has 0 N–H and O–H groups in total. The fourth-order valence-electron chi connectivity index (χ4n) is 0.741. The zero-order chi connectivity index (χ0) is 9.68. The molecule has 3 heteroatoms. The van der Waals surface area contributed by atoms with E-state index in [9.17, 15) is 4.79 Å². The van der Waals surface area contributed by atoms with Crippen LogP contribution in [0.2, 0.25) is 0 Å². The summed E-state index contributed by atoms with van der Waals surface area (Å²) in [7, 11) is 6.76. The Balaban J connectivity index is 2.78. The van der Waals surface area contributed by atoms with E-state index in [-0.39, 0.29) is 0 Å². The minimum atomic E-state index is -0.545. The summed E-state index contributed by atoms with van der Waals surface area (Å²) < 4.78 is 4.36. The summed E-state index contributed by atoms with van der Waals surface area (Å²) in [5, 5.41) is 0. The minimum absolute atomic E-state index is 0.545. The molecule has 0 unspecified atom stereocenters. The van der Waals surface area contributed by atoms with Crippen LogP contribution in [-0.4, -0.2) is 20.9 Å². The lowest BCUT2D eigenvalue weighted by Crippen LogP contribution is -1.99. The van der Waals surface area contributed by atoms with Crippen LogP contribution in [0.4, 0.5) is 0 Å². The zero-order valence-corrected chi connectivity index (χ0v) is 7.20. The Morgan fingerprint density at radius 2 is 2.00 bits per heavy atom. The number of benzene rings is 1. The molecule has 0 spiro atoms. The van der Waals surface area contributed by atoms with Crippen molar-refractivity contribution in [3.8, 4) is 11.8 Å². The molecular weight excluding hydrogens is 163 g/mol. The van der Waals surface area contributed by atoms with Crippen molar-refractivity contribution in [3.05, 3.63) is 29.8 Å². The summed E-state index contributed by atoms with van der Waals surface area (Å²) in [5.74, 6) is 4.41. The van der Waals surface area contributed by atoms with Crippen LogP contribution in [0.25, 0.3) is 0 Å². The van der Waals surface area contributed by atoms with E-state index < -0.39 is 5.97 Å². The van der Waals surface area contributed by atoms with E-state index >= 15 is 0 Å². The number of ether oxygens (including phenoxy) is 1. The van der Waals surface area contributed by atoms with E-state index in [4.69, 9.17) is 7.85 Å². The van der Waals surface area contributed by atoms with Crippen LogP contribution in [0.15, 0.2) is 24.3 Å². The molecule has 0 bridgehead atoms. The normalized spacial score (nSPS) is 8.38. The van der Waals surface area contributed by atoms with E-state index in [1.165, 1.54) is 7.11 Å². The molecule has 0 saturated heterocycles. The molecule has 0 aliphatic carbocycles.